The number of amides is 3. The first-order chi connectivity index (χ1) is 15.1. The quantitative estimate of drug-likeness (QED) is 0.747. The van der Waals surface area contributed by atoms with Gasteiger partial charge < -0.3 is 15.1 Å². The van der Waals surface area contributed by atoms with Gasteiger partial charge in [0.25, 0.3) is 5.91 Å². The molecule has 2 aromatic carbocycles. The fourth-order valence-electron chi connectivity index (χ4n) is 4.66. The average molecular weight is 416 g/mol. The van der Waals surface area contributed by atoms with Crippen LogP contribution in [0.15, 0.2) is 48.5 Å². The largest absolute Gasteiger partial charge is 0.366 e. The first kappa shape index (κ1) is 19.4. The smallest absolute Gasteiger partial charge is 0.255 e. The van der Waals surface area contributed by atoms with E-state index in [0.717, 1.165) is 41.3 Å². The van der Waals surface area contributed by atoms with Crippen LogP contribution in [0.3, 0.4) is 0 Å². The molecule has 3 aliphatic rings. The molecule has 1 saturated heterocycles. The highest BCUT2D eigenvalue weighted by molar-refractivity contribution is 6.05. The van der Waals surface area contributed by atoms with Crippen molar-refractivity contribution in [1.82, 2.24) is 20.4 Å². The van der Waals surface area contributed by atoms with Gasteiger partial charge in [-0.05, 0) is 36.6 Å². The van der Waals surface area contributed by atoms with Crippen molar-refractivity contribution in [3.8, 4) is 0 Å². The summed E-state index contributed by atoms with van der Waals surface area (Å²) in [5.74, 6) is -0.813. The molecule has 7 nitrogen and oxygen atoms in total. The zero-order chi connectivity index (χ0) is 21.5. The van der Waals surface area contributed by atoms with Gasteiger partial charge in [-0.25, -0.2) is 0 Å². The lowest BCUT2D eigenvalue weighted by Gasteiger charge is -2.29. The number of carbonyl (C=O) groups excluding carboxylic acids is 3. The minimum atomic E-state index is -0.597. The van der Waals surface area contributed by atoms with Crippen molar-refractivity contribution in [2.45, 2.75) is 32.4 Å². The Kier molecular flexibility index (Phi) is 4.73. The molecule has 7 heteroatoms. The van der Waals surface area contributed by atoms with E-state index in [1.807, 2.05) is 36.4 Å². The fraction of sp³-hybridized carbons (Fsp3) is 0.292. The van der Waals surface area contributed by atoms with Gasteiger partial charge >= 0.3 is 0 Å². The molecule has 0 aromatic heterocycles. The number of imide groups is 1. The van der Waals surface area contributed by atoms with Gasteiger partial charge in [-0.2, -0.15) is 0 Å². The van der Waals surface area contributed by atoms with Crippen LogP contribution >= 0.6 is 0 Å². The molecule has 5 rings (SSSR count). The van der Waals surface area contributed by atoms with Gasteiger partial charge in [-0.1, -0.05) is 36.4 Å². The second kappa shape index (κ2) is 7.58. The molecule has 0 saturated carbocycles. The molecule has 158 valence electrons. The first-order valence-electron chi connectivity index (χ1n) is 10.6. The molecular weight excluding hydrogens is 392 g/mol. The van der Waals surface area contributed by atoms with Crippen LogP contribution in [0.2, 0.25) is 0 Å². The Morgan fingerprint density at radius 2 is 1.84 bits per heavy atom. The van der Waals surface area contributed by atoms with Crippen LogP contribution in [0.25, 0.3) is 11.4 Å². The summed E-state index contributed by atoms with van der Waals surface area (Å²) in [5, 5.41) is 5.87. The summed E-state index contributed by atoms with van der Waals surface area (Å²) in [5.41, 5.74) is 5.89. The Labute approximate surface area is 180 Å². The molecule has 0 spiro atoms. The highest BCUT2D eigenvalue weighted by Crippen LogP contribution is 2.34. The number of nitrogens with zero attached hydrogens (tertiary/aromatic N) is 2. The minimum absolute atomic E-state index is 0.150. The topological polar surface area (TPSA) is 81.8 Å². The summed E-state index contributed by atoms with van der Waals surface area (Å²) in [6.45, 7) is 4.12. The van der Waals surface area contributed by atoms with Gasteiger partial charge in [0.15, 0.2) is 0 Å². The van der Waals surface area contributed by atoms with Gasteiger partial charge in [-0.15, -0.1) is 0 Å². The van der Waals surface area contributed by atoms with Gasteiger partial charge in [-0.3, -0.25) is 19.7 Å². The monoisotopic (exact) mass is 416 g/mol. The van der Waals surface area contributed by atoms with E-state index in [4.69, 9.17) is 0 Å². The Morgan fingerprint density at radius 3 is 2.58 bits per heavy atom. The molecule has 3 heterocycles. The minimum Gasteiger partial charge on any atom is -0.366 e. The zero-order valence-electron chi connectivity index (χ0n) is 17.4. The third-order valence-corrected chi connectivity index (χ3v) is 6.24. The average Bonchev–Trinajstić information content (AvgIpc) is 3.35. The van der Waals surface area contributed by atoms with E-state index in [-0.39, 0.29) is 24.1 Å². The van der Waals surface area contributed by atoms with Crippen molar-refractivity contribution in [2.24, 2.45) is 0 Å². The lowest BCUT2D eigenvalue weighted by atomic mass is 10.0. The summed E-state index contributed by atoms with van der Waals surface area (Å²) >= 11 is 0. The van der Waals surface area contributed by atoms with Crippen molar-refractivity contribution in [2.75, 3.05) is 13.2 Å². The predicted molar refractivity (Wildman–Crippen MR) is 116 cm³/mol. The zero-order valence-corrected chi connectivity index (χ0v) is 17.4. The number of hydrogen-bond donors (Lipinski definition) is 2. The van der Waals surface area contributed by atoms with Crippen LogP contribution in [0.1, 0.15) is 46.8 Å². The predicted octanol–water partition coefficient (Wildman–Crippen LogP) is 2.16. The molecule has 2 N–H and O–H groups in total. The molecule has 31 heavy (non-hydrogen) atoms. The molecule has 0 radical (unpaired) electrons. The number of carbonyl (C=O) groups is 3. The third-order valence-electron chi connectivity index (χ3n) is 6.24. The van der Waals surface area contributed by atoms with E-state index < -0.39 is 6.04 Å². The Morgan fingerprint density at radius 1 is 1.03 bits per heavy atom. The molecule has 1 atom stereocenters. The van der Waals surface area contributed by atoms with Crippen molar-refractivity contribution < 1.29 is 14.4 Å². The van der Waals surface area contributed by atoms with E-state index in [1.54, 1.807) is 4.90 Å². The van der Waals surface area contributed by atoms with Gasteiger partial charge in [0.05, 0.1) is 18.1 Å². The number of nitrogens with one attached hydrogen (secondary N) is 2. The molecule has 1 fully saturated rings. The van der Waals surface area contributed by atoms with E-state index in [2.05, 4.69) is 34.6 Å². The summed E-state index contributed by atoms with van der Waals surface area (Å²) in [6.07, 6.45) is 0.624. The molecule has 2 aromatic rings. The number of hydrogen-bond acceptors (Lipinski definition) is 5. The molecule has 0 aliphatic carbocycles. The van der Waals surface area contributed by atoms with Crippen molar-refractivity contribution in [3.63, 3.8) is 0 Å². The van der Waals surface area contributed by atoms with E-state index in [9.17, 15) is 14.4 Å². The van der Waals surface area contributed by atoms with Crippen LogP contribution in [0.5, 0.6) is 0 Å². The maximum atomic E-state index is 13.0. The molecule has 3 aliphatic heterocycles. The number of benzene rings is 2. The van der Waals surface area contributed by atoms with Crippen LogP contribution in [0.4, 0.5) is 0 Å². The van der Waals surface area contributed by atoms with Crippen LogP contribution in [0, 0.1) is 0 Å². The summed E-state index contributed by atoms with van der Waals surface area (Å²) in [6, 6.07) is 15.5. The lowest BCUT2D eigenvalue weighted by Crippen LogP contribution is -2.52. The molecule has 0 bridgehead atoms. The number of piperidine rings is 1. The highest BCUT2D eigenvalue weighted by Gasteiger charge is 2.39. The summed E-state index contributed by atoms with van der Waals surface area (Å²) in [7, 11) is 0. The maximum absolute atomic E-state index is 13.0. The fourth-order valence-corrected chi connectivity index (χ4v) is 4.66. The van der Waals surface area contributed by atoms with Crippen molar-refractivity contribution >= 4 is 29.1 Å². The van der Waals surface area contributed by atoms with Gasteiger partial charge in [0.2, 0.25) is 11.8 Å². The second-order valence-corrected chi connectivity index (χ2v) is 8.05. The Bertz CT molecular complexity index is 1110. The van der Waals surface area contributed by atoms with Gasteiger partial charge in [0, 0.05) is 30.6 Å². The van der Waals surface area contributed by atoms with Crippen LogP contribution < -0.4 is 10.6 Å². The summed E-state index contributed by atoms with van der Waals surface area (Å²) in [4.78, 5) is 40.6. The van der Waals surface area contributed by atoms with Crippen molar-refractivity contribution in [3.05, 3.63) is 70.8 Å². The third kappa shape index (κ3) is 3.26. The van der Waals surface area contributed by atoms with E-state index >= 15 is 0 Å². The first-order valence-corrected chi connectivity index (χ1v) is 10.6. The van der Waals surface area contributed by atoms with Gasteiger partial charge in [0.1, 0.15) is 6.04 Å². The molecule has 3 amide bonds. The number of rotatable bonds is 4. The highest BCUT2D eigenvalue weighted by atomic mass is 16.2. The normalized spacial score (nSPS) is 20.8. The molecular formula is C24H24N4O3. The SMILES string of the molecule is CCN1CNC(c2ccc3c(c2)CN(C2CCC(=O)NC2=O)C3=O)=C1c1ccccc1. The van der Waals surface area contributed by atoms with Crippen LogP contribution in [-0.2, 0) is 16.1 Å². The number of fused-ring (bicyclic) bond motifs is 1. The van der Waals surface area contributed by atoms with Crippen molar-refractivity contribution in [1.29, 1.82) is 0 Å². The molecule has 1 unspecified atom stereocenters. The Hall–Kier alpha value is -3.61. The second-order valence-electron chi connectivity index (χ2n) is 8.05. The van der Waals surface area contributed by atoms with Crippen LogP contribution in [-0.4, -0.2) is 46.8 Å². The van der Waals surface area contributed by atoms with E-state index in [1.165, 1.54) is 0 Å². The standard InChI is InChI=1S/C24H24N4O3/c1-2-27-14-25-21(22(27)15-6-4-3-5-7-15)16-8-9-18-17(12-16)13-28(24(18)31)19-10-11-20(29)26-23(19)30/h3-9,12,19,25H,2,10-11,13-14H2,1H3,(H,26,29,30). The Balaban J connectivity index is 1.49. The summed E-state index contributed by atoms with van der Waals surface area (Å²) < 4.78 is 0. The lowest BCUT2D eigenvalue weighted by molar-refractivity contribution is -0.136. The maximum Gasteiger partial charge on any atom is 0.255 e. The van der Waals surface area contributed by atoms with E-state index in [0.29, 0.717) is 18.5 Å².